The summed E-state index contributed by atoms with van der Waals surface area (Å²) in [4.78, 5) is 39.3. The van der Waals surface area contributed by atoms with E-state index in [-0.39, 0.29) is 23.5 Å². The third kappa shape index (κ3) is 5.91. The van der Waals surface area contributed by atoms with Crippen molar-refractivity contribution in [2.45, 2.75) is 57.8 Å². The molecule has 1 aromatic carbocycles. The van der Waals surface area contributed by atoms with Crippen molar-refractivity contribution in [2.75, 3.05) is 36.4 Å². The van der Waals surface area contributed by atoms with Gasteiger partial charge in [-0.3, -0.25) is 4.79 Å². The van der Waals surface area contributed by atoms with Gasteiger partial charge in [-0.15, -0.1) is 8.78 Å². The van der Waals surface area contributed by atoms with Gasteiger partial charge in [-0.2, -0.15) is 0 Å². The number of anilines is 2. The Morgan fingerprint density at radius 1 is 0.953 bits per heavy atom. The van der Waals surface area contributed by atoms with Crippen LogP contribution in [0.5, 0.6) is 11.5 Å². The summed E-state index contributed by atoms with van der Waals surface area (Å²) in [6, 6.07) is 13.8. The standard InChI is InChI=1S/C31H33F2N5O5/c1-19-8-11-24(36-27(39)30(12-13-30)20-9-10-22-23(18-20)42-31(32,33)41-22)35-26(19)21-6-5-7-25(34-21)37-14-16-38(17-15-37)28(40)43-29(2,3)4/h5-11,18H,12-17H2,1-4H3,(H,35,36,39). The van der Waals surface area contributed by atoms with E-state index in [0.29, 0.717) is 61.8 Å². The molecule has 1 saturated carbocycles. The number of rotatable bonds is 5. The smallest absolute Gasteiger partial charge is 0.444 e. The van der Waals surface area contributed by atoms with Gasteiger partial charge < -0.3 is 29.3 Å². The van der Waals surface area contributed by atoms with Gasteiger partial charge >= 0.3 is 12.4 Å². The Kier molecular flexibility index (Phi) is 6.89. The number of benzene rings is 1. The van der Waals surface area contributed by atoms with Crippen molar-refractivity contribution in [3.63, 3.8) is 0 Å². The second-order valence-electron chi connectivity index (χ2n) is 12.1. The van der Waals surface area contributed by atoms with E-state index < -0.39 is 17.3 Å². The molecule has 1 aliphatic carbocycles. The monoisotopic (exact) mass is 593 g/mol. The van der Waals surface area contributed by atoms with E-state index in [2.05, 4.69) is 19.7 Å². The average Bonchev–Trinajstić information content (AvgIpc) is 3.70. The van der Waals surface area contributed by atoms with Crippen molar-refractivity contribution in [3.8, 4) is 22.9 Å². The Hall–Kier alpha value is -4.48. The third-order valence-corrected chi connectivity index (χ3v) is 7.71. The quantitative estimate of drug-likeness (QED) is 0.414. The van der Waals surface area contributed by atoms with Crippen LogP contribution in [0.25, 0.3) is 11.4 Å². The number of nitrogens with zero attached hydrogens (tertiary/aromatic N) is 4. The number of amides is 2. The summed E-state index contributed by atoms with van der Waals surface area (Å²) in [5.74, 6) is 0.707. The van der Waals surface area contributed by atoms with Crippen molar-refractivity contribution in [2.24, 2.45) is 0 Å². The molecule has 2 amide bonds. The van der Waals surface area contributed by atoms with E-state index >= 15 is 0 Å². The summed E-state index contributed by atoms with van der Waals surface area (Å²) >= 11 is 0. The fourth-order valence-corrected chi connectivity index (χ4v) is 5.29. The summed E-state index contributed by atoms with van der Waals surface area (Å²) in [6.45, 7) is 9.73. The number of alkyl halides is 2. The van der Waals surface area contributed by atoms with Crippen molar-refractivity contribution in [1.29, 1.82) is 0 Å². The van der Waals surface area contributed by atoms with Gasteiger partial charge in [-0.25, -0.2) is 14.8 Å². The molecule has 12 heteroatoms. The summed E-state index contributed by atoms with van der Waals surface area (Å²) in [5.41, 5.74) is 1.34. The number of hydrogen-bond acceptors (Lipinski definition) is 8. The molecular weight excluding hydrogens is 560 g/mol. The van der Waals surface area contributed by atoms with Crippen LogP contribution in [0.3, 0.4) is 0 Å². The molecule has 0 bridgehead atoms. The van der Waals surface area contributed by atoms with Crippen LogP contribution in [0, 0.1) is 6.92 Å². The molecule has 2 fully saturated rings. The first-order valence-electron chi connectivity index (χ1n) is 14.2. The lowest BCUT2D eigenvalue weighted by Gasteiger charge is -2.36. The Bertz CT molecular complexity index is 1580. The number of aromatic nitrogens is 2. The number of pyridine rings is 2. The molecule has 10 nitrogen and oxygen atoms in total. The molecule has 0 unspecified atom stereocenters. The molecule has 2 aliphatic heterocycles. The van der Waals surface area contributed by atoms with E-state index in [9.17, 15) is 18.4 Å². The van der Waals surface area contributed by atoms with Crippen LogP contribution in [0.2, 0.25) is 0 Å². The second-order valence-corrected chi connectivity index (χ2v) is 12.1. The van der Waals surface area contributed by atoms with E-state index in [0.717, 1.165) is 11.4 Å². The summed E-state index contributed by atoms with van der Waals surface area (Å²) in [6.07, 6.45) is -2.90. The highest BCUT2D eigenvalue weighted by Gasteiger charge is 2.53. The highest BCUT2D eigenvalue weighted by Crippen LogP contribution is 2.52. The fourth-order valence-electron chi connectivity index (χ4n) is 5.29. The van der Waals surface area contributed by atoms with Crippen LogP contribution in [0.15, 0.2) is 48.5 Å². The maximum Gasteiger partial charge on any atom is 0.586 e. The highest BCUT2D eigenvalue weighted by atomic mass is 19.3. The van der Waals surface area contributed by atoms with Gasteiger partial charge in [0.05, 0.1) is 16.8 Å². The lowest BCUT2D eigenvalue weighted by Crippen LogP contribution is -2.50. The van der Waals surface area contributed by atoms with Crippen molar-refractivity contribution >= 4 is 23.6 Å². The second kappa shape index (κ2) is 10.4. The molecule has 0 radical (unpaired) electrons. The van der Waals surface area contributed by atoms with Gasteiger partial charge in [0, 0.05) is 26.2 Å². The van der Waals surface area contributed by atoms with Gasteiger partial charge in [0.25, 0.3) is 0 Å². The SMILES string of the molecule is Cc1ccc(NC(=O)C2(c3ccc4c(c3)OC(F)(F)O4)CC2)nc1-c1cccc(N2CCN(C(=O)OC(C)(C)C)CC2)n1. The molecule has 3 aromatic rings. The van der Waals surface area contributed by atoms with Crippen LogP contribution in [0.1, 0.15) is 44.7 Å². The lowest BCUT2D eigenvalue weighted by molar-refractivity contribution is -0.286. The van der Waals surface area contributed by atoms with E-state index in [4.69, 9.17) is 14.7 Å². The van der Waals surface area contributed by atoms with E-state index in [1.54, 1.807) is 17.0 Å². The van der Waals surface area contributed by atoms with Crippen LogP contribution >= 0.6 is 0 Å². The molecule has 0 atom stereocenters. The molecule has 2 aromatic heterocycles. The number of ether oxygens (including phenoxy) is 3. The minimum absolute atomic E-state index is 0.0607. The first kappa shape index (κ1) is 28.6. The van der Waals surface area contributed by atoms with E-state index in [1.165, 1.54) is 12.1 Å². The molecule has 226 valence electrons. The molecule has 1 saturated heterocycles. The van der Waals surface area contributed by atoms with Crippen LogP contribution in [-0.4, -0.2) is 64.9 Å². The number of halogens is 2. The van der Waals surface area contributed by atoms with Crippen LogP contribution < -0.4 is 19.7 Å². The Balaban J connectivity index is 1.15. The summed E-state index contributed by atoms with van der Waals surface area (Å²) in [5, 5.41) is 2.92. The minimum atomic E-state index is -3.72. The van der Waals surface area contributed by atoms with Gasteiger partial charge in [0.15, 0.2) is 11.5 Å². The number of aryl methyl sites for hydroxylation is 1. The Morgan fingerprint density at radius 2 is 1.67 bits per heavy atom. The zero-order valence-corrected chi connectivity index (χ0v) is 24.4. The van der Waals surface area contributed by atoms with Crippen molar-refractivity contribution in [1.82, 2.24) is 14.9 Å². The summed E-state index contributed by atoms with van der Waals surface area (Å²) in [7, 11) is 0. The molecule has 3 aliphatic rings. The van der Waals surface area contributed by atoms with Gasteiger partial charge in [-0.1, -0.05) is 18.2 Å². The molecule has 6 rings (SSSR count). The first-order valence-corrected chi connectivity index (χ1v) is 14.2. The largest absolute Gasteiger partial charge is 0.586 e. The van der Waals surface area contributed by atoms with Crippen LogP contribution in [-0.2, 0) is 14.9 Å². The molecule has 4 heterocycles. The number of hydrogen-bond donors (Lipinski definition) is 1. The van der Waals surface area contributed by atoms with E-state index in [1.807, 2.05) is 52.0 Å². The lowest BCUT2D eigenvalue weighted by atomic mass is 9.94. The van der Waals surface area contributed by atoms with Gasteiger partial charge in [-0.05, 0) is 82.0 Å². The molecule has 43 heavy (non-hydrogen) atoms. The fraction of sp³-hybridized carbons (Fsp3) is 0.419. The third-order valence-electron chi connectivity index (χ3n) is 7.71. The number of fused-ring (bicyclic) bond motifs is 1. The molecule has 1 N–H and O–H groups in total. The highest BCUT2D eigenvalue weighted by molar-refractivity contribution is 6.01. The van der Waals surface area contributed by atoms with Gasteiger partial charge in [0.1, 0.15) is 17.2 Å². The zero-order chi connectivity index (χ0) is 30.6. The van der Waals surface area contributed by atoms with Crippen LogP contribution in [0.4, 0.5) is 25.2 Å². The predicted octanol–water partition coefficient (Wildman–Crippen LogP) is 5.50. The zero-order valence-electron chi connectivity index (χ0n) is 24.4. The van der Waals surface area contributed by atoms with Crippen molar-refractivity contribution in [3.05, 3.63) is 59.7 Å². The summed E-state index contributed by atoms with van der Waals surface area (Å²) < 4.78 is 41.6. The average molecular weight is 594 g/mol. The number of nitrogens with one attached hydrogen (secondary N) is 1. The maximum absolute atomic E-state index is 13.5. The topological polar surface area (TPSA) is 106 Å². The number of piperazine rings is 1. The minimum Gasteiger partial charge on any atom is -0.444 e. The number of carbonyl (C=O) groups is 2. The number of carbonyl (C=O) groups excluding carboxylic acids is 2. The van der Waals surface area contributed by atoms with Gasteiger partial charge in [0.2, 0.25) is 5.91 Å². The normalized spacial score (nSPS) is 18.3. The first-order chi connectivity index (χ1) is 20.3. The molecular formula is C31H33F2N5O5. The predicted molar refractivity (Wildman–Crippen MR) is 154 cm³/mol. The Labute approximate surface area is 248 Å². The van der Waals surface area contributed by atoms with Crippen molar-refractivity contribution < 1.29 is 32.6 Å². The Morgan fingerprint density at radius 3 is 2.37 bits per heavy atom. The maximum atomic E-state index is 13.5. The molecule has 0 spiro atoms.